The van der Waals surface area contributed by atoms with E-state index in [2.05, 4.69) is 40.7 Å². The van der Waals surface area contributed by atoms with Gasteiger partial charge < -0.3 is 9.32 Å². The van der Waals surface area contributed by atoms with Gasteiger partial charge in [0.15, 0.2) is 5.17 Å². The summed E-state index contributed by atoms with van der Waals surface area (Å²) < 4.78 is 5.91. The van der Waals surface area contributed by atoms with Gasteiger partial charge in [-0.05, 0) is 30.8 Å². The predicted octanol–water partition coefficient (Wildman–Crippen LogP) is 4.01. The third kappa shape index (κ3) is 1.58. The molecule has 0 fully saturated rings. The summed E-state index contributed by atoms with van der Waals surface area (Å²) in [7, 11) is 0. The normalized spacial score (nSPS) is 17.9. The second-order valence-electron chi connectivity index (χ2n) is 4.92. The third-order valence-corrected chi connectivity index (χ3v) is 4.73. The molecule has 0 unspecified atom stereocenters. The van der Waals surface area contributed by atoms with E-state index < -0.39 is 0 Å². The van der Waals surface area contributed by atoms with E-state index in [1.165, 1.54) is 5.70 Å². The fraction of sp³-hybridized carbons (Fsp3) is 0.188. The van der Waals surface area contributed by atoms with Crippen LogP contribution in [0.25, 0.3) is 16.7 Å². The Morgan fingerprint density at radius 2 is 2.35 bits per heavy atom. The topological polar surface area (TPSA) is 28.7 Å². The van der Waals surface area contributed by atoms with Crippen LogP contribution in [0.1, 0.15) is 11.3 Å². The highest BCUT2D eigenvalue weighted by atomic mass is 32.2. The van der Waals surface area contributed by atoms with Crippen LogP contribution in [0.15, 0.2) is 51.2 Å². The molecule has 2 aromatic rings. The van der Waals surface area contributed by atoms with Gasteiger partial charge in [-0.1, -0.05) is 24.8 Å². The van der Waals surface area contributed by atoms with E-state index in [4.69, 9.17) is 4.42 Å². The summed E-state index contributed by atoms with van der Waals surface area (Å²) in [4.78, 5) is 7.97. The number of fused-ring (bicyclic) bond motifs is 2. The summed E-state index contributed by atoms with van der Waals surface area (Å²) in [6.07, 6.45) is 1.91. The Morgan fingerprint density at radius 3 is 3.20 bits per heavy atom. The van der Waals surface area contributed by atoms with Crippen molar-refractivity contribution >= 4 is 33.6 Å². The van der Waals surface area contributed by atoms with E-state index in [9.17, 15) is 0 Å². The van der Waals surface area contributed by atoms with E-state index in [0.29, 0.717) is 0 Å². The van der Waals surface area contributed by atoms with E-state index in [-0.39, 0.29) is 0 Å². The first-order valence-electron chi connectivity index (χ1n) is 6.64. The van der Waals surface area contributed by atoms with Gasteiger partial charge in [-0.25, -0.2) is 0 Å². The van der Waals surface area contributed by atoms with Crippen molar-refractivity contribution in [3.8, 4) is 0 Å². The zero-order valence-electron chi connectivity index (χ0n) is 11.2. The van der Waals surface area contributed by atoms with Crippen molar-refractivity contribution in [2.45, 2.75) is 6.92 Å². The van der Waals surface area contributed by atoms with Gasteiger partial charge in [0.05, 0.1) is 12.2 Å². The molecule has 0 saturated carbocycles. The zero-order chi connectivity index (χ0) is 13.7. The van der Waals surface area contributed by atoms with E-state index in [1.54, 1.807) is 11.8 Å². The van der Waals surface area contributed by atoms with Gasteiger partial charge in [0, 0.05) is 22.4 Å². The minimum Gasteiger partial charge on any atom is -0.461 e. The molecule has 20 heavy (non-hydrogen) atoms. The van der Waals surface area contributed by atoms with Crippen molar-refractivity contribution in [2.24, 2.45) is 4.99 Å². The molecule has 3 nitrogen and oxygen atoms in total. The highest BCUT2D eigenvalue weighted by Crippen LogP contribution is 2.44. The number of benzene rings is 1. The Bertz CT molecular complexity index is 785. The summed E-state index contributed by atoms with van der Waals surface area (Å²) in [5.74, 6) is 0.939. The van der Waals surface area contributed by atoms with Crippen LogP contribution in [0, 0.1) is 6.92 Å². The van der Waals surface area contributed by atoms with Crippen molar-refractivity contribution in [3.63, 3.8) is 0 Å². The third-order valence-electron chi connectivity index (χ3n) is 3.61. The highest BCUT2D eigenvalue weighted by molar-refractivity contribution is 8.17. The molecule has 0 atom stereocenters. The average molecular weight is 282 g/mol. The molecule has 0 spiro atoms. The van der Waals surface area contributed by atoms with Gasteiger partial charge in [0.25, 0.3) is 0 Å². The summed E-state index contributed by atoms with van der Waals surface area (Å²) >= 11 is 1.70. The molecule has 0 amide bonds. The Hall–Kier alpha value is -1.94. The quantitative estimate of drug-likeness (QED) is 0.833. The number of aliphatic imine (C=N–C) groups is 1. The molecule has 0 bridgehead atoms. The lowest BCUT2D eigenvalue weighted by molar-refractivity contribution is 0.574. The molecule has 4 rings (SSSR count). The van der Waals surface area contributed by atoms with Gasteiger partial charge in [-0.2, -0.15) is 0 Å². The highest BCUT2D eigenvalue weighted by Gasteiger charge is 2.33. The van der Waals surface area contributed by atoms with Crippen LogP contribution in [0.3, 0.4) is 0 Å². The second kappa shape index (κ2) is 4.28. The predicted molar refractivity (Wildman–Crippen MR) is 84.7 cm³/mol. The fourth-order valence-corrected chi connectivity index (χ4v) is 3.84. The number of aryl methyl sites for hydroxylation is 1. The van der Waals surface area contributed by atoms with Crippen molar-refractivity contribution < 1.29 is 4.42 Å². The maximum atomic E-state index is 5.91. The van der Waals surface area contributed by atoms with Crippen LogP contribution in [0.4, 0.5) is 0 Å². The smallest absolute Gasteiger partial charge is 0.168 e. The molecule has 1 aromatic carbocycles. The number of furan rings is 1. The van der Waals surface area contributed by atoms with Gasteiger partial charge in [0.1, 0.15) is 11.3 Å². The molecule has 2 aliphatic rings. The Kier molecular flexibility index (Phi) is 2.54. The SMILES string of the molecule is C=CC1=C(c2cccc3cc(C)oc23)N2CCN=C2S1. The van der Waals surface area contributed by atoms with E-state index >= 15 is 0 Å². The molecule has 2 aliphatic heterocycles. The number of allylic oxidation sites excluding steroid dienone is 1. The van der Waals surface area contributed by atoms with Crippen molar-refractivity contribution in [1.82, 2.24) is 4.90 Å². The van der Waals surface area contributed by atoms with E-state index in [1.807, 2.05) is 13.0 Å². The number of thioether (sulfide) groups is 1. The Morgan fingerprint density at radius 1 is 1.45 bits per heavy atom. The number of hydrogen-bond acceptors (Lipinski definition) is 4. The number of amidine groups is 1. The lowest BCUT2D eigenvalue weighted by Crippen LogP contribution is -2.20. The molecule has 3 heterocycles. The zero-order valence-corrected chi connectivity index (χ0v) is 12.0. The summed E-state index contributed by atoms with van der Waals surface area (Å²) in [6.45, 7) is 7.72. The molecule has 1 aromatic heterocycles. The van der Waals surface area contributed by atoms with Crippen LogP contribution in [-0.4, -0.2) is 23.2 Å². The summed E-state index contributed by atoms with van der Waals surface area (Å²) in [5.41, 5.74) is 3.26. The molecule has 100 valence electrons. The maximum Gasteiger partial charge on any atom is 0.168 e. The molecule has 0 radical (unpaired) electrons. The molecule has 0 aliphatic carbocycles. The number of hydrogen-bond donors (Lipinski definition) is 0. The van der Waals surface area contributed by atoms with Crippen molar-refractivity contribution in [1.29, 1.82) is 0 Å². The van der Waals surface area contributed by atoms with Gasteiger partial charge in [-0.3, -0.25) is 4.99 Å². The van der Waals surface area contributed by atoms with Crippen LogP contribution < -0.4 is 0 Å². The molecule has 0 saturated heterocycles. The number of nitrogens with zero attached hydrogens (tertiary/aromatic N) is 2. The number of rotatable bonds is 2. The van der Waals surface area contributed by atoms with E-state index in [0.717, 1.165) is 45.5 Å². The lowest BCUT2D eigenvalue weighted by Gasteiger charge is -2.17. The average Bonchev–Trinajstić information content (AvgIpc) is 3.09. The van der Waals surface area contributed by atoms with Gasteiger partial charge >= 0.3 is 0 Å². The van der Waals surface area contributed by atoms with Crippen molar-refractivity contribution in [2.75, 3.05) is 13.1 Å². The van der Waals surface area contributed by atoms with Gasteiger partial charge in [0.2, 0.25) is 0 Å². The first-order valence-corrected chi connectivity index (χ1v) is 7.45. The molecular weight excluding hydrogens is 268 g/mol. The van der Waals surface area contributed by atoms with Crippen LogP contribution in [0.2, 0.25) is 0 Å². The minimum absolute atomic E-state index is 0.864. The van der Waals surface area contributed by atoms with Crippen LogP contribution in [0.5, 0.6) is 0 Å². The summed E-state index contributed by atoms with van der Waals surface area (Å²) in [5, 5.41) is 2.22. The fourth-order valence-electron chi connectivity index (χ4n) is 2.80. The standard InChI is InChI=1S/C16H14N2OS/c1-3-13-14(18-8-7-17-16(18)20-13)12-6-4-5-11-9-10(2)19-15(11)12/h3-6,9H,1,7-8H2,2H3. The molecule has 4 heteroatoms. The Labute approximate surface area is 121 Å². The molecule has 0 N–H and O–H groups in total. The van der Waals surface area contributed by atoms with Crippen molar-refractivity contribution in [3.05, 3.63) is 53.1 Å². The monoisotopic (exact) mass is 282 g/mol. The van der Waals surface area contributed by atoms with Crippen LogP contribution in [-0.2, 0) is 0 Å². The largest absolute Gasteiger partial charge is 0.461 e. The molecular formula is C16H14N2OS. The lowest BCUT2D eigenvalue weighted by atomic mass is 10.1. The maximum absolute atomic E-state index is 5.91. The van der Waals surface area contributed by atoms with Crippen LogP contribution >= 0.6 is 11.8 Å². The second-order valence-corrected chi connectivity index (χ2v) is 5.93. The summed E-state index contributed by atoms with van der Waals surface area (Å²) in [6, 6.07) is 8.36. The van der Waals surface area contributed by atoms with Gasteiger partial charge in [-0.15, -0.1) is 0 Å². The number of para-hydroxylation sites is 1. The Balaban J connectivity index is 1.97. The first-order chi connectivity index (χ1) is 9.78. The minimum atomic E-state index is 0.864. The first kappa shape index (κ1) is 11.9.